The van der Waals surface area contributed by atoms with Crippen LogP contribution in [0, 0.1) is 5.92 Å². The second kappa shape index (κ2) is 7.92. The van der Waals surface area contributed by atoms with Crippen molar-refractivity contribution in [1.29, 1.82) is 0 Å². The SMILES string of the molecule is CNCCc1ccc(S(=O)(=O)N(CC(C)C)C(C)C)cc1. The molecule has 0 saturated heterocycles. The number of hydrogen-bond donors (Lipinski definition) is 1. The van der Waals surface area contributed by atoms with E-state index in [1.54, 1.807) is 16.4 Å². The molecular formula is C16H28N2O2S. The van der Waals surface area contributed by atoms with E-state index >= 15 is 0 Å². The van der Waals surface area contributed by atoms with Crippen molar-refractivity contribution in [1.82, 2.24) is 9.62 Å². The maximum Gasteiger partial charge on any atom is 0.243 e. The highest BCUT2D eigenvalue weighted by Crippen LogP contribution is 2.20. The first-order chi connectivity index (χ1) is 9.78. The maximum absolute atomic E-state index is 12.7. The summed E-state index contributed by atoms with van der Waals surface area (Å²) in [6.45, 7) is 9.33. The van der Waals surface area contributed by atoms with E-state index < -0.39 is 10.0 Å². The quantitative estimate of drug-likeness (QED) is 0.802. The van der Waals surface area contributed by atoms with Gasteiger partial charge in [-0.05, 0) is 57.5 Å². The average molecular weight is 312 g/mol. The second-order valence-electron chi connectivity index (χ2n) is 6.06. The van der Waals surface area contributed by atoms with Gasteiger partial charge in [-0.3, -0.25) is 0 Å². The zero-order valence-corrected chi connectivity index (χ0v) is 14.6. The zero-order chi connectivity index (χ0) is 16.0. The Bertz CT molecular complexity index is 522. The molecule has 0 aliphatic carbocycles. The maximum atomic E-state index is 12.7. The molecule has 0 heterocycles. The van der Waals surface area contributed by atoms with Gasteiger partial charge in [0.25, 0.3) is 0 Å². The van der Waals surface area contributed by atoms with Crippen molar-refractivity contribution in [3.8, 4) is 0 Å². The van der Waals surface area contributed by atoms with Crippen molar-refractivity contribution in [2.24, 2.45) is 5.92 Å². The van der Waals surface area contributed by atoms with Gasteiger partial charge in [-0.15, -0.1) is 0 Å². The van der Waals surface area contributed by atoms with E-state index in [0.717, 1.165) is 18.5 Å². The summed E-state index contributed by atoms with van der Waals surface area (Å²) in [6.07, 6.45) is 0.900. The first-order valence-corrected chi connectivity index (χ1v) is 8.98. The van der Waals surface area contributed by atoms with Crippen molar-refractivity contribution >= 4 is 10.0 Å². The molecule has 0 spiro atoms. The van der Waals surface area contributed by atoms with Crippen molar-refractivity contribution in [2.45, 2.75) is 45.1 Å². The molecule has 1 N–H and O–H groups in total. The molecule has 1 aromatic carbocycles. The average Bonchev–Trinajstić information content (AvgIpc) is 2.42. The van der Waals surface area contributed by atoms with E-state index in [2.05, 4.69) is 5.32 Å². The summed E-state index contributed by atoms with van der Waals surface area (Å²) >= 11 is 0. The van der Waals surface area contributed by atoms with Crippen LogP contribution in [-0.4, -0.2) is 38.9 Å². The summed E-state index contributed by atoms with van der Waals surface area (Å²) in [5.41, 5.74) is 1.14. The lowest BCUT2D eigenvalue weighted by molar-refractivity contribution is 0.319. The summed E-state index contributed by atoms with van der Waals surface area (Å²) in [5, 5.41) is 3.09. The Kier molecular flexibility index (Phi) is 6.84. The van der Waals surface area contributed by atoms with E-state index in [1.807, 2.05) is 46.9 Å². The standard InChI is InChI=1S/C16H28N2O2S/c1-13(2)12-18(14(3)4)21(19,20)16-8-6-15(7-9-16)10-11-17-5/h6-9,13-14,17H,10-12H2,1-5H3. The van der Waals surface area contributed by atoms with Gasteiger partial charge in [-0.25, -0.2) is 8.42 Å². The molecule has 0 bridgehead atoms. The van der Waals surface area contributed by atoms with Gasteiger partial charge in [0.2, 0.25) is 10.0 Å². The number of nitrogens with one attached hydrogen (secondary N) is 1. The van der Waals surface area contributed by atoms with E-state index in [-0.39, 0.29) is 6.04 Å². The Morgan fingerprint density at radius 1 is 1.10 bits per heavy atom. The fraction of sp³-hybridized carbons (Fsp3) is 0.625. The van der Waals surface area contributed by atoms with Gasteiger partial charge >= 0.3 is 0 Å². The highest BCUT2D eigenvalue weighted by atomic mass is 32.2. The molecule has 0 aromatic heterocycles. The van der Waals surface area contributed by atoms with Gasteiger partial charge in [0.1, 0.15) is 0 Å². The summed E-state index contributed by atoms with van der Waals surface area (Å²) < 4.78 is 27.1. The van der Waals surface area contributed by atoms with Crippen molar-refractivity contribution < 1.29 is 8.42 Å². The van der Waals surface area contributed by atoms with Crippen LogP contribution in [0.3, 0.4) is 0 Å². The van der Waals surface area contributed by atoms with Crippen LogP contribution < -0.4 is 5.32 Å². The molecule has 0 fully saturated rings. The molecule has 120 valence electrons. The first kappa shape index (κ1) is 18.1. The van der Waals surface area contributed by atoms with Gasteiger partial charge in [0.05, 0.1) is 4.90 Å². The third-order valence-electron chi connectivity index (χ3n) is 3.31. The normalized spacial score (nSPS) is 12.6. The van der Waals surface area contributed by atoms with Crippen molar-refractivity contribution in [3.05, 3.63) is 29.8 Å². The summed E-state index contributed by atoms with van der Waals surface area (Å²) in [4.78, 5) is 0.380. The van der Waals surface area contributed by atoms with E-state index in [1.165, 1.54) is 0 Å². The second-order valence-corrected chi connectivity index (χ2v) is 7.95. The number of hydrogen-bond acceptors (Lipinski definition) is 3. The van der Waals surface area contributed by atoms with Gasteiger partial charge in [0, 0.05) is 12.6 Å². The molecule has 5 heteroatoms. The van der Waals surface area contributed by atoms with Crippen molar-refractivity contribution in [3.63, 3.8) is 0 Å². The van der Waals surface area contributed by atoms with Crippen LogP contribution in [0.1, 0.15) is 33.3 Å². The molecule has 4 nitrogen and oxygen atoms in total. The van der Waals surface area contributed by atoms with Crippen LogP contribution in [0.25, 0.3) is 0 Å². The van der Waals surface area contributed by atoms with Crippen LogP contribution >= 0.6 is 0 Å². The van der Waals surface area contributed by atoms with Crippen molar-refractivity contribution in [2.75, 3.05) is 20.1 Å². The Hall–Kier alpha value is -0.910. The Labute approximate surface area is 129 Å². The molecule has 1 aromatic rings. The van der Waals surface area contributed by atoms with E-state index in [4.69, 9.17) is 0 Å². The molecular weight excluding hydrogens is 284 g/mol. The fourth-order valence-corrected chi connectivity index (χ4v) is 3.98. The molecule has 0 aliphatic heterocycles. The lowest BCUT2D eigenvalue weighted by atomic mass is 10.1. The Balaban J connectivity index is 2.99. The zero-order valence-electron chi connectivity index (χ0n) is 13.8. The van der Waals surface area contributed by atoms with E-state index in [9.17, 15) is 8.42 Å². The predicted octanol–water partition coefficient (Wildman–Crippen LogP) is 2.50. The van der Waals surface area contributed by atoms with Gasteiger partial charge in [-0.2, -0.15) is 4.31 Å². The minimum atomic E-state index is -3.41. The van der Waals surface area contributed by atoms with Crippen LogP contribution in [-0.2, 0) is 16.4 Å². The molecule has 1 rings (SSSR count). The molecule has 21 heavy (non-hydrogen) atoms. The molecule has 0 radical (unpaired) electrons. The lowest BCUT2D eigenvalue weighted by Crippen LogP contribution is -2.39. The molecule has 0 saturated carbocycles. The van der Waals surface area contributed by atoms with Crippen LogP contribution in [0.5, 0.6) is 0 Å². The van der Waals surface area contributed by atoms with Crippen LogP contribution in [0.2, 0.25) is 0 Å². The Morgan fingerprint density at radius 3 is 2.10 bits per heavy atom. The molecule has 0 aliphatic rings. The summed E-state index contributed by atoms with van der Waals surface area (Å²) in [6, 6.07) is 7.20. The summed E-state index contributed by atoms with van der Waals surface area (Å²) in [5.74, 6) is 0.303. The van der Waals surface area contributed by atoms with Gasteiger partial charge in [0.15, 0.2) is 0 Å². The third kappa shape index (κ3) is 5.09. The number of benzene rings is 1. The number of likely N-dealkylation sites (N-methyl/N-ethyl adjacent to an activating group) is 1. The molecule has 0 unspecified atom stereocenters. The third-order valence-corrected chi connectivity index (χ3v) is 5.37. The van der Waals surface area contributed by atoms with E-state index in [0.29, 0.717) is 17.4 Å². The lowest BCUT2D eigenvalue weighted by Gasteiger charge is -2.27. The predicted molar refractivity (Wildman–Crippen MR) is 87.9 cm³/mol. The monoisotopic (exact) mass is 312 g/mol. The summed E-state index contributed by atoms with van der Waals surface area (Å²) in [7, 11) is -1.51. The van der Waals surface area contributed by atoms with Gasteiger partial charge < -0.3 is 5.32 Å². The topological polar surface area (TPSA) is 49.4 Å². The molecule has 0 amide bonds. The number of nitrogens with zero attached hydrogens (tertiary/aromatic N) is 1. The smallest absolute Gasteiger partial charge is 0.243 e. The van der Waals surface area contributed by atoms with Gasteiger partial charge in [-0.1, -0.05) is 26.0 Å². The minimum Gasteiger partial charge on any atom is -0.319 e. The Morgan fingerprint density at radius 2 is 1.67 bits per heavy atom. The highest BCUT2D eigenvalue weighted by Gasteiger charge is 2.27. The molecule has 0 atom stereocenters. The van der Waals surface area contributed by atoms with Crippen LogP contribution in [0.15, 0.2) is 29.2 Å². The number of sulfonamides is 1. The minimum absolute atomic E-state index is 0.0404. The number of rotatable bonds is 8. The highest BCUT2D eigenvalue weighted by molar-refractivity contribution is 7.89. The first-order valence-electron chi connectivity index (χ1n) is 7.54. The fourth-order valence-electron chi connectivity index (χ4n) is 2.18. The van der Waals surface area contributed by atoms with Crippen LogP contribution in [0.4, 0.5) is 0 Å². The largest absolute Gasteiger partial charge is 0.319 e.